The fourth-order valence-electron chi connectivity index (χ4n) is 3.02. The van der Waals surface area contributed by atoms with E-state index in [4.69, 9.17) is 0 Å². The fourth-order valence-corrected chi connectivity index (χ4v) is 3.02. The molecule has 0 radical (unpaired) electrons. The summed E-state index contributed by atoms with van der Waals surface area (Å²) in [5.41, 5.74) is 3.14. The summed E-state index contributed by atoms with van der Waals surface area (Å²) < 4.78 is 0. The van der Waals surface area contributed by atoms with Gasteiger partial charge in [-0.05, 0) is 55.8 Å². The Balaban J connectivity index is 1.84. The second kappa shape index (κ2) is 4.21. The molecule has 0 aromatic heterocycles. The fraction of sp³-hybridized carbons (Fsp3) is 0.600. The molecule has 1 aromatic rings. The third-order valence-corrected chi connectivity index (χ3v) is 4.11. The molecular formula is C15H21N. The number of hydrogen-bond donors (Lipinski definition) is 0. The molecule has 1 saturated carbocycles. The molecule has 0 amide bonds. The third kappa shape index (κ3) is 1.89. The van der Waals surface area contributed by atoms with Crippen LogP contribution in [0.5, 0.6) is 0 Å². The Kier molecular flexibility index (Phi) is 2.72. The van der Waals surface area contributed by atoms with Gasteiger partial charge in [-0.1, -0.05) is 31.2 Å². The van der Waals surface area contributed by atoms with Crippen LogP contribution in [0.15, 0.2) is 24.3 Å². The van der Waals surface area contributed by atoms with E-state index in [1.165, 1.54) is 38.8 Å². The molecule has 1 heterocycles. The summed E-state index contributed by atoms with van der Waals surface area (Å²) in [6.07, 6.45) is 5.53. The quantitative estimate of drug-likeness (QED) is 0.742. The van der Waals surface area contributed by atoms with Gasteiger partial charge in [-0.2, -0.15) is 0 Å². The van der Waals surface area contributed by atoms with Crippen molar-refractivity contribution in [1.29, 1.82) is 0 Å². The second-order valence-electron chi connectivity index (χ2n) is 5.23. The summed E-state index contributed by atoms with van der Waals surface area (Å²) in [5.74, 6) is 0.886. The molecule has 0 N–H and O–H groups in total. The van der Waals surface area contributed by atoms with Gasteiger partial charge in [0.2, 0.25) is 0 Å². The average Bonchev–Trinajstić information content (AvgIpc) is 3.07. The van der Waals surface area contributed by atoms with Crippen LogP contribution < -0.4 is 0 Å². The first-order chi connectivity index (χ1) is 7.88. The van der Waals surface area contributed by atoms with Gasteiger partial charge in [0.05, 0.1) is 0 Å². The second-order valence-corrected chi connectivity index (χ2v) is 5.23. The smallest absolute Gasteiger partial charge is 0.0348 e. The highest BCUT2D eigenvalue weighted by Gasteiger charge is 2.27. The van der Waals surface area contributed by atoms with Crippen molar-refractivity contribution in [2.24, 2.45) is 0 Å². The maximum Gasteiger partial charge on any atom is 0.0348 e. The van der Waals surface area contributed by atoms with Crippen LogP contribution in [0.25, 0.3) is 0 Å². The Morgan fingerprint density at radius 3 is 2.75 bits per heavy atom. The lowest BCUT2D eigenvalue weighted by molar-refractivity contribution is 0.271. The van der Waals surface area contributed by atoms with Crippen LogP contribution in [0.4, 0.5) is 0 Å². The highest BCUT2D eigenvalue weighted by molar-refractivity contribution is 5.31. The van der Waals surface area contributed by atoms with Crippen LogP contribution in [0.1, 0.15) is 55.7 Å². The number of likely N-dealkylation sites (tertiary alicyclic amines) is 1. The average molecular weight is 215 g/mol. The Morgan fingerprint density at radius 1 is 1.19 bits per heavy atom. The van der Waals surface area contributed by atoms with E-state index in [9.17, 15) is 0 Å². The van der Waals surface area contributed by atoms with Gasteiger partial charge in [-0.15, -0.1) is 0 Å². The van der Waals surface area contributed by atoms with Gasteiger partial charge < -0.3 is 0 Å². The minimum atomic E-state index is 0.698. The molecule has 1 unspecified atom stereocenters. The normalized spacial score (nSPS) is 26.2. The van der Waals surface area contributed by atoms with E-state index in [1.54, 1.807) is 11.1 Å². The van der Waals surface area contributed by atoms with Crippen molar-refractivity contribution in [2.75, 3.05) is 13.1 Å². The zero-order valence-electron chi connectivity index (χ0n) is 10.2. The maximum absolute atomic E-state index is 2.62. The van der Waals surface area contributed by atoms with E-state index in [-0.39, 0.29) is 0 Å². The van der Waals surface area contributed by atoms with Crippen LogP contribution >= 0.6 is 0 Å². The molecular weight excluding hydrogens is 194 g/mol. The largest absolute Gasteiger partial charge is 0.297 e. The van der Waals surface area contributed by atoms with Crippen molar-refractivity contribution in [1.82, 2.24) is 4.90 Å². The summed E-state index contributed by atoms with van der Waals surface area (Å²) in [7, 11) is 0. The van der Waals surface area contributed by atoms with Crippen molar-refractivity contribution in [2.45, 2.75) is 44.6 Å². The molecule has 1 atom stereocenters. The molecule has 1 heteroatoms. The number of benzene rings is 1. The summed E-state index contributed by atoms with van der Waals surface area (Å²) >= 11 is 0. The van der Waals surface area contributed by atoms with Crippen molar-refractivity contribution < 1.29 is 0 Å². The van der Waals surface area contributed by atoms with Crippen LogP contribution in [0.3, 0.4) is 0 Å². The molecule has 16 heavy (non-hydrogen) atoms. The van der Waals surface area contributed by atoms with Gasteiger partial charge >= 0.3 is 0 Å². The van der Waals surface area contributed by atoms with E-state index >= 15 is 0 Å². The Hall–Kier alpha value is -0.820. The van der Waals surface area contributed by atoms with E-state index in [0.29, 0.717) is 6.04 Å². The molecule has 0 bridgehead atoms. The summed E-state index contributed by atoms with van der Waals surface area (Å²) in [6.45, 7) is 4.76. The Morgan fingerprint density at radius 2 is 2.00 bits per heavy atom. The zero-order chi connectivity index (χ0) is 11.0. The lowest BCUT2D eigenvalue weighted by atomic mass is 10.00. The molecule has 1 aliphatic heterocycles. The third-order valence-electron chi connectivity index (χ3n) is 4.11. The van der Waals surface area contributed by atoms with Crippen molar-refractivity contribution >= 4 is 0 Å². The maximum atomic E-state index is 2.62. The monoisotopic (exact) mass is 215 g/mol. The molecule has 0 spiro atoms. The molecule has 2 fully saturated rings. The molecule has 1 nitrogen and oxygen atoms in total. The van der Waals surface area contributed by atoms with Crippen molar-refractivity contribution in [3.8, 4) is 0 Å². The highest BCUT2D eigenvalue weighted by Crippen LogP contribution is 2.41. The lowest BCUT2D eigenvalue weighted by Crippen LogP contribution is -2.22. The van der Waals surface area contributed by atoms with Gasteiger partial charge in [0.15, 0.2) is 0 Å². The topological polar surface area (TPSA) is 3.24 Å². The van der Waals surface area contributed by atoms with Gasteiger partial charge in [-0.25, -0.2) is 0 Å². The molecule has 1 aromatic carbocycles. The van der Waals surface area contributed by atoms with Gasteiger partial charge in [0.25, 0.3) is 0 Å². The minimum Gasteiger partial charge on any atom is -0.297 e. The van der Waals surface area contributed by atoms with E-state index in [2.05, 4.69) is 36.1 Å². The minimum absolute atomic E-state index is 0.698. The number of nitrogens with zero attached hydrogens (tertiary/aromatic N) is 1. The van der Waals surface area contributed by atoms with Gasteiger partial charge in [-0.3, -0.25) is 4.90 Å². The van der Waals surface area contributed by atoms with Gasteiger partial charge in [0.1, 0.15) is 0 Å². The summed E-state index contributed by atoms with van der Waals surface area (Å²) in [5, 5.41) is 0. The SMILES string of the molecule is CCN1CCCC1c1cccc(C2CC2)c1. The van der Waals surface area contributed by atoms with E-state index in [1.807, 2.05) is 0 Å². The van der Waals surface area contributed by atoms with Crippen LogP contribution in [-0.4, -0.2) is 18.0 Å². The Bertz CT molecular complexity index is 367. The first-order valence-electron chi connectivity index (χ1n) is 6.72. The molecule has 86 valence electrons. The molecule has 1 saturated heterocycles. The Labute approximate surface area is 98.5 Å². The van der Waals surface area contributed by atoms with Crippen molar-refractivity contribution in [3.05, 3.63) is 35.4 Å². The standard InChI is InChI=1S/C15H21N/c1-2-16-10-4-7-15(16)14-6-3-5-13(11-14)12-8-9-12/h3,5-6,11-12,15H,2,4,7-10H2,1H3. The number of rotatable bonds is 3. The molecule has 2 aliphatic rings. The zero-order valence-corrected chi connectivity index (χ0v) is 10.2. The predicted molar refractivity (Wildman–Crippen MR) is 67.6 cm³/mol. The first-order valence-corrected chi connectivity index (χ1v) is 6.72. The molecule has 1 aliphatic carbocycles. The van der Waals surface area contributed by atoms with Crippen LogP contribution in [-0.2, 0) is 0 Å². The predicted octanol–water partition coefficient (Wildman–Crippen LogP) is 3.72. The first kappa shape index (κ1) is 10.3. The summed E-state index contributed by atoms with van der Waals surface area (Å²) in [6, 6.07) is 10.1. The van der Waals surface area contributed by atoms with Gasteiger partial charge in [0, 0.05) is 6.04 Å². The van der Waals surface area contributed by atoms with Crippen molar-refractivity contribution in [3.63, 3.8) is 0 Å². The highest BCUT2D eigenvalue weighted by atomic mass is 15.2. The van der Waals surface area contributed by atoms with E-state index < -0.39 is 0 Å². The van der Waals surface area contributed by atoms with Crippen LogP contribution in [0.2, 0.25) is 0 Å². The van der Waals surface area contributed by atoms with E-state index in [0.717, 1.165) is 5.92 Å². The lowest BCUT2D eigenvalue weighted by Gasteiger charge is -2.23. The summed E-state index contributed by atoms with van der Waals surface area (Å²) in [4.78, 5) is 2.62. The number of hydrogen-bond acceptors (Lipinski definition) is 1. The van der Waals surface area contributed by atoms with Crippen LogP contribution in [0, 0.1) is 0 Å². The molecule has 3 rings (SSSR count).